The van der Waals surface area contributed by atoms with Crippen molar-refractivity contribution in [2.75, 3.05) is 0 Å². The minimum atomic E-state index is 0.685. The van der Waals surface area contributed by atoms with Crippen molar-refractivity contribution >= 4 is 10.9 Å². The second kappa shape index (κ2) is 11.3. The zero-order valence-electron chi connectivity index (χ0n) is 25.5. The third kappa shape index (κ3) is 4.88. The SMILES string of the molecule is c1ccc(-c2ccc(-c3nc(-c4cccc(-c5nc(-c6ccccc6)nc6c5Cc5ccccc5-6)c4)nc4ccccc34)cc2)cc1. The summed E-state index contributed by atoms with van der Waals surface area (Å²) in [5.74, 6) is 1.41. The minimum Gasteiger partial charge on any atom is -0.228 e. The van der Waals surface area contributed by atoms with Crippen LogP contribution in [0.5, 0.6) is 0 Å². The third-order valence-corrected chi connectivity index (χ3v) is 8.94. The summed E-state index contributed by atoms with van der Waals surface area (Å²) in [6.45, 7) is 0. The van der Waals surface area contributed by atoms with E-state index in [0.29, 0.717) is 5.82 Å². The highest BCUT2D eigenvalue weighted by Crippen LogP contribution is 2.41. The molecular formula is C43H28N4. The molecule has 4 nitrogen and oxygen atoms in total. The smallest absolute Gasteiger partial charge is 0.160 e. The number of hydrogen-bond donors (Lipinski definition) is 0. The molecule has 6 aromatic carbocycles. The Kier molecular flexibility index (Phi) is 6.50. The largest absolute Gasteiger partial charge is 0.228 e. The quantitative estimate of drug-likeness (QED) is 0.197. The lowest BCUT2D eigenvalue weighted by atomic mass is 10.00. The Morgan fingerprint density at radius 3 is 1.77 bits per heavy atom. The Balaban J connectivity index is 1.17. The van der Waals surface area contributed by atoms with E-state index in [9.17, 15) is 0 Å². The predicted molar refractivity (Wildman–Crippen MR) is 191 cm³/mol. The van der Waals surface area contributed by atoms with E-state index in [1.54, 1.807) is 0 Å². The van der Waals surface area contributed by atoms with Crippen LogP contribution in [0.2, 0.25) is 0 Å². The van der Waals surface area contributed by atoms with Gasteiger partial charge in [-0.1, -0.05) is 146 Å². The summed E-state index contributed by atoms with van der Waals surface area (Å²) in [6, 6.07) is 54.6. The van der Waals surface area contributed by atoms with Gasteiger partial charge in [0.15, 0.2) is 11.6 Å². The van der Waals surface area contributed by atoms with Gasteiger partial charge in [-0.2, -0.15) is 0 Å². The van der Waals surface area contributed by atoms with E-state index in [4.69, 9.17) is 19.9 Å². The number of nitrogens with zero attached hydrogens (tertiary/aromatic N) is 4. The van der Waals surface area contributed by atoms with Gasteiger partial charge in [0.05, 0.1) is 22.6 Å². The van der Waals surface area contributed by atoms with Gasteiger partial charge < -0.3 is 0 Å². The van der Waals surface area contributed by atoms with E-state index in [2.05, 4.69) is 121 Å². The summed E-state index contributed by atoms with van der Waals surface area (Å²) in [7, 11) is 0. The Hall–Kier alpha value is -6.26. The molecule has 0 unspecified atom stereocenters. The second-order valence-corrected chi connectivity index (χ2v) is 11.9. The van der Waals surface area contributed by atoms with Gasteiger partial charge in [0, 0.05) is 45.2 Å². The Labute approximate surface area is 273 Å². The molecule has 0 aliphatic heterocycles. The first-order valence-corrected chi connectivity index (χ1v) is 15.9. The van der Waals surface area contributed by atoms with Crippen LogP contribution in [0.3, 0.4) is 0 Å². The maximum Gasteiger partial charge on any atom is 0.160 e. The molecule has 1 aliphatic carbocycles. The number of hydrogen-bond acceptors (Lipinski definition) is 4. The van der Waals surface area contributed by atoms with Crippen molar-refractivity contribution in [3.8, 4) is 67.7 Å². The molecule has 0 spiro atoms. The van der Waals surface area contributed by atoms with Gasteiger partial charge in [-0.3, -0.25) is 0 Å². The Morgan fingerprint density at radius 1 is 0.362 bits per heavy atom. The van der Waals surface area contributed by atoms with Gasteiger partial charge >= 0.3 is 0 Å². The van der Waals surface area contributed by atoms with Crippen LogP contribution in [0.15, 0.2) is 158 Å². The lowest BCUT2D eigenvalue weighted by Gasteiger charge is -2.13. The number of para-hydroxylation sites is 1. The fraction of sp³-hybridized carbons (Fsp3) is 0.0233. The van der Waals surface area contributed by atoms with E-state index < -0.39 is 0 Å². The summed E-state index contributed by atoms with van der Waals surface area (Å²) in [5.41, 5.74) is 13.8. The molecule has 2 heterocycles. The monoisotopic (exact) mass is 600 g/mol. The molecule has 8 aromatic rings. The first-order valence-electron chi connectivity index (χ1n) is 15.9. The van der Waals surface area contributed by atoms with E-state index in [-0.39, 0.29) is 0 Å². The molecular weight excluding hydrogens is 573 g/mol. The van der Waals surface area contributed by atoms with Crippen LogP contribution in [0.4, 0.5) is 0 Å². The van der Waals surface area contributed by atoms with E-state index >= 15 is 0 Å². The minimum absolute atomic E-state index is 0.685. The van der Waals surface area contributed by atoms with Gasteiger partial charge in [0.2, 0.25) is 0 Å². The number of benzene rings is 6. The molecule has 0 amide bonds. The fourth-order valence-corrected chi connectivity index (χ4v) is 6.61. The highest BCUT2D eigenvalue weighted by molar-refractivity contribution is 5.94. The van der Waals surface area contributed by atoms with Crippen molar-refractivity contribution in [3.05, 3.63) is 169 Å². The summed E-state index contributed by atoms with van der Waals surface area (Å²) in [6.07, 6.45) is 0.801. The third-order valence-electron chi connectivity index (χ3n) is 8.94. The first kappa shape index (κ1) is 27.1. The lowest BCUT2D eigenvalue weighted by molar-refractivity contribution is 1.13. The molecule has 220 valence electrons. The van der Waals surface area contributed by atoms with Crippen LogP contribution in [-0.2, 0) is 6.42 Å². The van der Waals surface area contributed by atoms with Crippen molar-refractivity contribution in [2.45, 2.75) is 6.42 Å². The van der Waals surface area contributed by atoms with E-state index in [0.717, 1.165) is 68.0 Å². The summed E-state index contributed by atoms with van der Waals surface area (Å²) < 4.78 is 0. The summed E-state index contributed by atoms with van der Waals surface area (Å²) in [4.78, 5) is 20.6. The molecule has 2 aromatic heterocycles. The van der Waals surface area contributed by atoms with E-state index in [1.165, 1.54) is 22.3 Å². The topological polar surface area (TPSA) is 51.6 Å². The number of fused-ring (bicyclic) bond motifs is 4. The second-order valence-electron chi connectivity index (χ2n) is 11.9. The van der Waals surface area contributed by atoms with Gasteiger partial charge in [0.25, 0.3) is 0 Å². The van der Waals surface area contributed by atoms with Crippen LogP contribution in [-0.4, -0.2) is 19.9 Å². The van der Waals surface area contributed by atoms with Crippen molar-refractivity contribution in [1.29, 1.82) is 0 Å². The van der Waals surface area contributed by atoms with Crippen molar-refractivity contribution in [1.82, 2.24) is 19.9 Å². The highest BCUT2D eigenvalue weighted by atomic mass is 14.9. The van der Waals surface area contributed by atoms with Crippen molar-refractivity contribution in [2.24, 2.45) is 0 Å². The fourth-order valence-electron chi connectivity index (χ4n) is 6.61. The molecule has 0 atom stereocenters. The predicted octanol–water partition coefficient (Wildman–Crippen LogP) is 10.3. The molecule has 0 radical (unpaired) electrons. The molecule has 1 aliphatic rings. The van der Waals surface area contributed by atoms with Gasteiger partial charge in [-0.15, -0.1) is 0 Å². The van der Waals surface area contributed by atoms with Gasteiger partial charge in [0.1, 0.15) is 0 Å². The number of aromatic nitrogens is 4. The molecule has 47 heavy (non-hydrogen) atoms. The van der Waals surface area contributed by atoms with Crippen LogP contribution in [0.25, 0.3) is 78.6 Å². The molecule has 0 saturated heterocycles. The van der Waals surface area contributed by atoms with Crippen LogP contribution in [0, 0.1) is 0 Å². The summed E-state index contributed by atoms with van der Waals surface area (Å²) >= 11 is 0. The standard InChI is InChI=1S/C43H28N4/c1-3-12-28(13-4-1)29-22-24-30(25-23-29)39-36-20-9-10-21-38(36)44-43(45-39)34-18-11-17-33(26-34)40-37-27-32-16-7-8-19-35(32)41(37)47-42(46-40)31-14-5-2-6-15-31/h1-26H,27H2. The molecule has 0 N–H and O–H groups in total. The van der Waals surface area contributed by atoms with Crippen molar-refractivity contribution in [3.63, 3.8) is 0 Å². The molecule has 0 fully saturated rings. The average Bonchev–Trinajstić information content (AvgIpc) is 3.53. The van der Waals surface area contributed by atoms with Crippen LogP contribution < -0.4 is 0 Å². The Morgan fingerprint density at radius 2 is 0.936 bits per heavy atom. The summed E-state index contributed by atoms with van der Waals surface area (Å²) in [5, 5.41) is 1.03. The normalized spacial score (nSPS) is 11.7. The lowest BCUT2D eigenvalue weighted by Crippen LogP contribution is -2.00. The molecule has 9 rings (SSSR count). The van der Waals surface area contributed by atoms with Gasteiger partial charge in [-0.25, -0.2) is 19.9 Å². The van der Waals surface area contributed by atoms with Gasteiger partial charge in [-0.05, 0) is 28.8 Å². The molecule has 4 heteroatoms. The zero-order chi connectivity index (χ0) is 31.2. The van der Waals surface area contributed by atoms with Crippen LogP contribution in [0.1, 0.15) is 11.1 Å². The first-order chi connectivity index (χ1) is 23.3. The zero-order valence-corrected chi connectivity index (χ0v) is 25.5. The van der Waals surface area contributed by atoms with Crippen molar-refractivity contribution < 1.29 is 0 Å². The van der Waals surface area contributed by atoms with E-state index in [1.807, 2.05) is 36.4 Å². The van der Waals surface area contributed by atoms with Crippen LogP contribution >= 0.6 is 0 Å². The molecule has 0 saturated carbocycles. The molecule has 0 bridgehead atoms. The maximum atomic E-state index is 5.20. The Bertz CT molecular complexity index is 2420. The highest BCUT2D eigenvalue weighted by Gasteiger charge is 2.26. The number of rotatable bonds is 5. The average molecular weight is 601 g/mol. The maximum absolute atomic E-state index is 5.20.